The van der Waals surface area contributed by atoms with Gasteiger partial charge in [-0.25, -0.2) is 4.98 Å². The molecule has 3 nitrogen and oxygen atoms in total. The second kappa shape index (κ2) is 5.60. The van der Waals surface area contributed by atoms with Crippen LogP contribution in [0.5, 0.6) is 0 Å². The van der Waals surface area contributed by atoms with Crippen molar-refractivity contribution < 1.29 is 0 Å². The van der Waals surface area contributed by atoms with Gasteiger partial charge in [-0.2, -0.15) is 0 Å². The molecular weight excluding hydrogens is 174 g/mol. The van der Waals surface area contributed by atoms with Crippen molar-refractivity contribution >= 4 is 5.82 Å². The summed E-state index contributed by atoms with van der Waals surface area (Å²) in [7, 11) is 0. The monoisotopic (exact) mass is 193 g/mol. The Kier molecular flexibility index (Phi) is 4.40. The molecule has 0 saturated carbocycles. The van der Waals surface area contributed by atoms with Crippen molar-refractivity contribution in [2.75, 3.05) is 11.9 Å². The Balaban J connectivity index is 2.57. The van der Waals surface area contributed by atoms with Crippen LogP contribution in [0.3, 0.4) is 0 Å². The van der Waals surface area contributed by atoms with Gasteiger partial charge in [0, 0.05) is 11.7 Å². The summed E-state index contributed by atoms with van der Waals surface area (Å²) in [5.41, 5.74) is 6.57. The van der Waals surface area contributed by atoms with Gasteiger partial charge in [-0.15, -0.1) is 0 Å². The van der Waals surface area contributed by atoms with Gasteiger partial charge < -0.3 is 11.1 Å². The van der Waals surface area contributed by atoms with Gasteiger partial charge in [-0.3, -0.25) is 0 Å². The van der Waals surface area contributed by atoms with E-state index in [2.05, 4.69) is 17.2 Å². The predicted octanol–water partition coefficient (Wildman–Crippen LogP) is 1.93. The molecule has 1 unspecified atom stereocenters. The maximum atomic E-state index is 5.53. The lowest BCUT2D eigenvalue weighted by molar-refractivity contribution is 0.639. The molecule has 0 aliphatic heterocycles. The maximum Gasteiger partial charge on any atom is 0.126 e. The van der Waals surface area contributed by atoms with E-state index in [1.165, 1.54) is 0 Å². The highest BCUT2D eigenvalue weighted by molar-refractivity contribution is 5.36. The number of nitrogens with zero attached hydrogens (tertiary/aromatic N) is 1. The molecule has 1 atom stereocenters. The molecule has 14 heavy (non-hydrogen) atoms. The van der Waals surface area contributed by atoms with Crippen LogP contribution in [0.2, 0.25) is 0 Å². The molecule has 3 heteroatoms. The Labute approximate surface area is 85.7 Å². The summed E-state index contributed by atoms with van der Waals surface area (Å²) in [4.78, 5) is 4.39. The second-order valence-corrected chi connectivity index (χ2v) is 3.49. The molecule has 0 aliphatic carbocycles. The molecular formula is C11H19N3. The van der Waals surface area contributed by atoms with Gasteiger partial charge in [0.25, 0.3) is 0 Å². The maximum absolute atomic E-state index is 5.53. The molecule has 0 saturated heterocycles. The molecule has 1 aromatic heterocycles. The van der Waals surface area contributed by atoms with Gasteiger partial charge in [-0.1, -0.05) is 13.0 Å². The van der Waals surface area contributed by atoms with Crippen LogP contribution in [0.15, 0.2) is 18.2 Å². The fraction of sp³-hybridized carbons (Fsp3) is 0.545. The van der Waals surface area contributed by atoms with E-state index < -0.39 is 0 Å². The Hall–Kier alpha value is -1.09. The fourth-order valence-electron chi connectivity index (χ4n) is 1.41. The summed E-state index contributed by atoms with van der Waals surface area (Å²) in [5.74, 6) is 0.949. The van der Waals surface area contributed by atoms with Crippen LogP contribution < -0.4 is 11.1 Å². The molecule has 78 valence electrons. The van der Waals surface area contributed by atoms with Crippen molar-refractivity contribution in [3.05, 3.63) is 23.9 Å². The van der Waals surface area contributed by atoms with E-state index >= 15 is 0 Å². The summed E-state index contributed by atoms with van der Waals surface area (Å²) in [6.07, 6.45) is 2.07. The van der Waals surface area contributed by atoms with Gasteiger partial charge in [0.15, 0.2) is 0 Å². The highest BCUT2D eigenvalue weighted by Crippen LogP contribution is 2.08. The zero-order chi connectivity index (χ0) is 10.4. The van der Waals surface area contributed by atoms with E-state index in [0.29, 0.717) is 6.04 Å². The SMILES string of the molecule is CCC(CCN)Nc1cccc(C)n1. The van der Waals surface area contributed by atoms with E-state index in [0.717, 1.165) is 30.9 Å². The number of nitrogens with two attached hydrogens (primary N) is 1. The summed E-state index contributed by atoms with van der Waals surface area (Å²) in [5, 5.41) is 3.38. The van der Waals surface area contributed by atoms with Crippen molar-refractivity contribution in [2.24, 2.45) is 5.73 Å². The van der Waals surface area contributed by atoms with Crippen LogP contribution in [-0.4, -0.2) is 17.6 Å². The number of anilines is 1. The molecule has 0 aromatic carbocycles. The predicted molar refractivity (Wildman–Crippen MR) is 60.3 cm³/mol. The van der Waals surface area contributed by atoms with Crippen molar-refractivity contribution in [1.82, 2.24) is 4.98 Å². The zero-order valence-electron chi connectivity index (χ0n) is 8.96. The number of hydrogen-bond donors (Lipinski definition) is 2. The minimum absolute atomic E-state index is 0.439. The minimum Gasteiger partial charge on any atom is -0.367 e. The van der Waals surface area contributed by atoms with Crippen LogP contribution in [0, 0.1) is 6.92 Å². The average Bonchev–Trinajstić information content (AvgIpc) is 2.17. The second-order valence-electron chi connectivity index (χ2n) is 3.49. The van der Waals surface area contributed by atoms with Crippen LogP contribution in [0.4, 0.5) is 5.82 Å². The number of aromatic nitrogens is 1. The van der Waals surface area contributed by atoms with E-state index in [-0.39, 0.29) is 0 Å². The summed E-state index contributed by atoms with van der Waals surface area (Å²) >= 11 is 0. The first-order valence-electron chi connectivity index (χ1n) is 5.16. The van der Waals surface area contributed by atoms with Crippen LogP contribution >= 0.6 is 0 Å². The van der Waals surface area contributed by atoms with E-state index in [1.807, 2.05) is 25.1 Å². The Morgan fingerprint density at radius 3 is 2.86 bits per heavy atom. The Morgan fingerprint density at radius 2 is 2.29 bits per heavy atom. The van der Waals surface area contributed by atoms with E-state index in [9.17, 15) is 0 Å². The smallest absolute Gasteiger partial charge is 0.126 e. The lowest BCUT2D eigenvalue weighted by atomic mass is 10.1. The van der Waals surface area contributed by atoms with Gasteiger partial charge in [0.2, 0.25) is 0 Å². The first-order chi connectivity index (χ1) is 6.76. The first-order valence-corrected chi connectivity index (χ1v) is 5.16. The van der Waals surface area contributed by atoms with Crippen molar-refractivity contribution in [3.8, 4) is 0 Å². The zero-order valence-corrected chi connectivity index (χ0v) is 8.96. The van der Waals surface area contributed by atoms with Crippen molar-refractivity contribution in [2.45, 2.75) is 32.7 Å². The van der Waals surface area contributed by atoms with Gasteiger partial charge in [0.1, 0.15) is 5.82 Å². The standard InChI is InChI=1S/C11H19N3/c1-3-10(7-8-12)14-11-6-4-5-9(2)13-11/h4-6,10H,3,7-8,12H2,1-2H3,(H,13,14). The van der Waals surface area contributed by atoms with Crippen molar-refractivity contribution in [3.63, 3.8) is 0 Å². The highest BCUT2D eigenvalue weighted by Gasteiger charge is 2.04. The third-order valence-electron chi connectivity index (χ3n) is 2.25. The summed E-state index contributed by atoms with van der Waals surface area (Å²) in [6.45, 7) is 4.87. The average molecular weight is 193 g/mol. The summed E-state index contributed by atoms with van der Waals surface area (Å²) < 4.78 is 0. The summed E-state index contributed by atoms with van der Waals surface area (Å²) in [6, 6.07) is 6.44. The normalized spacial score (nSPS) is 12.5. The Bertz CT molecular complexity index is 273. The highest BCUT2D eigenvalue weighted by atomic mass is 15.0. The first kappa shape index (κ1) is 11.0. The molecule has 0 spiro atoms. The van der Waals surface area contributed by atoms with Crippen LogP contribution in [0.1, 0.15) is 25.5 Å². The van der Waals surface area contributed by atoms with Gasteiger partial charge in [-0.05, 0) is 38.4 Å². The van der Waals surface area contributed by atoms with Crippen LogP contribution in [0.25, 0.3) is 0 Å². The molecule has 1 rings (SSSR count). The van der Waals surface area contributed by atoms with Gasteiger partial charge in [0.05, 0.1) is 0 Å². The molecule has 0 bridgehead atoms. The molecule has 0 fully saturated rings. The number of nitrogens with one attached hydrogen (secondary N) is 1. The Morgan fingerprint density at radius 1 is 1.50 bits per heavy atom. The van der Waals surface area contributed by atoms with E-state index in [1.54, 1.807) is 0 Å². The number of rotatable bonds is 5. The van der Waals surface area contributed by atoms with Crippen molar-refractivity contribution in [1.29, 1.82) is 0 Å². The number of hydrogen-bond acceptors (Lipinski definition) is 3. The third-order valence-corrected chi connectivity index (χ3v) is 2.25. The fourth-order valence-corrected chi connectivity index (χ4v) is 1.41. The van der Waals surface area contributed by atoms with E-state index in [4.69, 9.17) is 5.73 Å². The lowest BCUT2D eigenvalue weighted by Gasteiger charge is -2.16. The van der Waals surface area contributed by atoms with Crippen LogP contribution in [-0.2, 0) is 0 Å². The number of aryl methyl sites for hydroxylation is 1. The lowest BCUT2D eigenvalue weighted by Crippen LogP contribution is -2.22. The minimum atomic E-state index is 0.439. The third kappa shape index (κ3) is 3.34. The number of pyridine rings is 1. The van der Waals surface area contributed by atoms with Gasteiger partial charge >= 0.3 is 0 Å². The quantitative estimate of drug-likeness (QED) is 0.751. The molecule has 0 amide bonds. The largest absolute Gasteiger partial charge is 0.367 e. The molecule has 1 heterocycles. The molecule has 0 aliphatic rings. The molecule has 0 radical (unpaired) electrons. The topological polar surface area (TPSA) is 50.9 Å². The molecule has 1 aromatic rings. The molecule has 3 N–H and O–H groups in total.